The molecule has 1 saturated carbocycles. The van der Waals surface area contributed by atoms with E-state index >= 15 is 0 Å². The second kappa shape index (κ2) is 7.65. The number of halogens is 2. The Morgan fingerprint density at radius 1 is 1.19 bits per heavy atom. The van der Waals surface area contributed by atoms with Crippen molar-refractivity contribution in [1.82, 2.24) is 9.80 Å². The third-order valence-corrected chi connectivity index (χ3v) is 6.40. The standard InChI is InChI=1S/C23H30F2N2/c1-2-18-4-3-5-20(16-18)19-6-14-27(15-7-19)22-9-12-26(13-10-22)11-8-21-17-23(21,24)25/h3-5,9-10,12,16,19,21H,2,6-8,11,13-15,17H2,1H3. The van der Waals surface area contributed by atoms with Gasteiger partial charge in [0.25, 0.3) is 5.92 Å². The van der Waals surface area contributed by atoms with Crippen LogP contribution in [-0.2, 0) is 6.42 Å². The van der Waals surface area contributed by atoms with Gasteiger partial charge in [-0.15, -0.1) is 0 Å². The van der Waals surface area contributed by atoms with Crippen molar-refractivity contribution < 1.29 is 8.78 Å². The van der Waals surface area contributed by atoms with Crippen LogP contribution in [0.3, 0.4) is 0 Å². The molecule has 1 aromatic carbocycles. The zero-order valence-electron chi connectivity index (χ0n) is 16.2. The third-order valence-electron chi connectivity index (χ3n) is 6.40. The highest BCUT2D eigenvalue weighted by molar-refractivity contribution is 5.28. The van der Waals surface area contributed by atoms with Crippen molar-refractivity contribution in [1.29, 1.82) is 0 Å². The monoisotopic (exact) mass is 372 g/mol. The molecule has 1 aliphatic carbocycles. The first-order valence-corrected chi connectivity index (χ1v) is 10.4. The molecule has 146 valence electrons. The van der Waals surface area contributed by atoms with Crippen LogP contribution in [0, 0.1) is 5.92 Å². The van der Waals surface area contributed by atoms with Crippen molar-refractivity contribution in [3.63, 3.8) is 0 Å². The summed E-state index contributed by atoms with van der Waals surface area (Å²) in [6.07, 6.45) is 10.7. The predicted molar refractivity (Wildman–Crippen MR) is 106 cm³/mol. The van der Waals surface area contributed by atoms with Crippen LogP contribution in [0.2, 0.25) is 0 Å². The summed E-state index contributed by atoms with van der Waals surface area (Å²) in [4.78, 5) is 4.63. The van der Waals surface area contributed by atoms with E-state index in [0.717, 1.165) is 32.6 Å². The maximum absolute atomic E-state index is 13.0. The van der Waals surface area contributed by atoms with Gasteiger partial charge in [0.2, 0.25) is 0 Å². The third kappa shape index (κ3) is 4.36. The Morgan fingerprint density at radius 2 is 1.96 bits per heavy atom. The molecule has 1 aromatic rings. The molecule has 1 saturated heterocycles. The van der Waals surface area contributed by atoms with Crippen molar-refractivity contribution in [2.24, 2.45) is 5.92 Å². The summed E-state index contributed by atoms with van der Waals surface area (Å²) in [5.74, 6) is -2.11. The lowest BCUT2D eigenvalue weighted by Crippen LogP contribution is -2.34. The van der Waals surface area contributed by atoms with Gasteiger partial charge in [-0.1, -0.05) is 31.2 Å². The largest absolute Gasteiger partial charge is 0.373 e. The van der Waals surface area contributed by atoms with Gasteiger partial charge in [0, 0.05) is 50.4 Å². The number of hydrogen-bond donors (Lipinski definition) is 0. The zero-order chi connectivity index (χ0) is 18.9. The molecule has 2 fully saturated rings. The van der Waals surface area contributed by atoms with Gasteiger partial charge in [-0.25, -0.2) is 8.78 Å². The van der Waals surface area contributed by atoms with E-state index in [9.17, 15) is 8.78 Å². The Morgan fingerprint density at radius 3 is 2.59 bits per heavy atom. The van der Waals surface area contributed by atoms with Crippen molar-refractivity contribution in [3.8, 4) is 0 Å². The Balaban J connectivity index is 1.25. The van der Waals surface area contributed by atoms with Gasteiger partial charge < -0.3 is 9.80 Å². The molecule has 2 nitrogen and oxygen atoms in total. The molecule has 0 aromatic heterocycles. The molecule has 2 aliphatic heterocycles. The molecule has 0 radical (unpaired) electrons. The van der Waals surface area contributed by atoms with Gasteiger partial charge in [0.05, 0.1) is 0 Å². The summed E-state index contributed by atoms with van der Waals surface area (Å²) >= 11 is 0. The Bertz CT molecular complexity index is 717. The maximum atomic E-state index is 13.0. The minimum atomic E-state index is -2.39. The van der Waals surface area contributed by atoms with E-state index < -0.39 is 5.92 Å². The minimum absolute atomic E-state index is 0.0851. The second-order valence-electron chi connectivity index (χ2n) is 8.25. The van der Waals surface area contributed by atoms with Crippen LogP contribution >= 0.6 is 0 Å². The van der Waals surface area contributed by atoms with Crippen molar-refractivity contribution >= 4 is 0 Å². The summed E-state index contributed by atoms with van der Waals surface area (Å²) in [5.41, 5.74) is 4.21. The van der Waals surface area contributed by atoms with Crippen LogP contribution in [0.5, 0.6) is 0 Å². The molecule has 0 amide bonds. The highest BCUT2D eigenvalue weighted by atomic mass is 19.3. The molecule has 0 bridgehead atoms. The van der Waals surface area contributed by atoms with Crippen molar-refractivity contribution in [3.05, 3.63) is 59.4 Å². The predicted octanol–water partition coefficient (Wildman–Crippen LogP) is 5.19. The van der Waals surface area contributed by atoms with Crippen LogP contribution in [-0.4, -0.2) is 41.9 Å². The number of hydrogen-bond acceptors (Lipinski definition) is 2. The molecule has 3 aliphatic rings. The van der Waals surface area contributed by atoms with Crippen LogP contribution in [0.1, 0.15) is 49.7 Å². The van der Waals surface area contributed by atoms with Gasteiger partial charge in [-0.2, -0.15) is 0 Å². The van der Waals surface area contributed by atoms with Gasteiger partial charge in [0.15, 0.2) is 0 Å². The summed E-state index contributed by atoms with van der Waals surface area (Å²) in [6.45, 7) is 5.96. The van der Waals surface area contributed by atoms with Crippen molar-refractivity contribution in [2.45, 2.75) is 50.9 Å². The van der Waals surface area contributed by atoms with Gasteiger partial charge in [0.1, 0.15) is 0 Å². The first-order chi connectivity index (χ1) is 13.0. The summed E-state index contributed by atoms with van der Waals surface area (Å²) in [6, 6.07) is 9.06. The van der Waals surface area contributed by atoms with E-state index in [-0.39, 0.29) is 12.3 Å². The van der Waals surface area contributed by atoms with Crippen LogP contribution in [0.15, 0.2) is 48.3 Å². The van der Waals surface area contributed by atoms with Crippen LogP contribution in [0.25, 0.3) is 0 Å². The van der Waals surface area contributed by atoms with E-state index in [2.05, 4.69) is 59.3 Å². The topological polar surface area (TPSA) is 6.48 Å². The summed E-state index contributed by atoms with van der Waals surface area (Å²) in [7, 11) is 0. The fraction of sp³-hybridized carbons (Fsp3) is 0.565. The number of likely N-dealkylation sites (tertiary alicyclic amines) is 1. The Hall–Kier alpha value is -1.84. The number of rotatable bonds is 6. The number of alkyl halides is 2. The number of piperidine rings is 1. The molecule has 1 unspecified atom stereocenters. The van der Waals surface area contributed by atoms with Crippen LogP contribution < -0.4 is 0 Å². The molecule has 4 heteroatoms. The van der Waals surface area contributed by atoms with Crippen LogP contribution in [0.4, 0.5) is 8.78 Å². The lowest BCUT2D eigenvalue weighted by molar-refractivity contribution is 0.0953. The molecular weight excluding hydrogens is 342 g/mol. The summed E-state index contributed by atoms with van der Waals surface area (Å²) in [5, 5.41) is 0. The molecule has 2 heterocycles. The highest BCUT2D eigenvalue weighted by Crippen LogP contribution is 2.50. The number of nitrogens with zero attached hydrogens (tertiary/aromatic N) is 2. The SMILES string of the molecule is CCc1cccc(C2CCN(C3=CCN(CCC4CC4(F)F)C=C3)CC2)c1. The first kappa shape index (κ1) is 18.5. The van der Waals surface area contributed by atoms with E-state index in [4.69, 9.17) is 0 Å². The molecular formula is C23H30F2N2. The smallest absolute Gasteiger partial charge is 0.251 e. The average Bonchev–Trinajstić information content (AvgIpc) is 3.33. The number of benzene rings is 1. The lowest BCUT2D eigenvalue weighted by Gasteiger charge is -2.36. The van der Waals surface area contributed by atoms with E-state index in [1.807, 2.05) is 0 Å². The molecule has 0 N–H and O–H groups in total. The number of allylic oxidation sites excluding steroid dienone is 1. The second-order valence-corrected chi connectivity index (χ2v) is 8.25. The normalized spacial score (nSPS) is 24.9. The quantitative estimate of drug-likeness (QED) is 0.678. The minimum Gasteiger partial charge on any atom is -0.373 e. The van der Waals surface area contributed by atoms with Gasteiger partial charge in [-0.05, 0) is 54.9 Å². The van der Waals surface area contributed by atoms with E-state index in [1.165, 1.54) is 29.7 Å². The fourth-order valence-corrected chi connectivity index (χ4v) is 4.36. The first-order valence-electron chi connectivity index (χ1n) is 10.4. The van der Waals surface area contributed by atoms with Gasteiger partial charge in [-0.3, -0.25) is 0 Å². The fourth-order valence-electron chi connectivity index (χ4n) is 4.36. The van der Waals surface area contributed by atoms with E-state index in [0.29, 0.717) is 12.3 Å². The molecule has 27 heavy (non-hydrogen) atoms. The summed E-state index contributed by atoms with van der Waals surface area (Å²) < 4.78 is 26.0. The van der Waals surface area contributed by atoms with Crippen molar-refractivity contribution in [2.75, 3.05) is 26.2 Å². The zero-order valence-corrected chi connectivity index (χ0v) is 16.2. The van der Waals surface area contributed by atoms with E-state index in [1.54, 1.807) is 0 Å². The maximum Gasteiger partial charge on any atom is 0.251 e. The Labute approximate surface area is 161 Å². The molecule has 4 rings (SSSR count). The lowest BCUT2D eigenvalue weighted by atomic mass is 9.88. The molecule has 0 spiro atoms. The highest BCUT2D eigenvalue weighted by Gasteiger charge is 2.56. The number of aryl methyl sites for hydroxylation is 1. The average molecular weight is 373 g/mol. The van der Waals surface area contributed by atoms with Gasteiger partial charge >= 0.3 is 0 Å². The molecule has 1 atom stereocenters. The Kier molecular flexibility index (Phi) is 5.25.